The smallest absolute Gasteiger partial charge is 0.259 e. The maximum Gasteiger partial charge on any atom is 0.259 e. The normalized spacial score (nSPS) is 10.9. The molecule has 0 atom stereocenters. The van der Waals surface area contributed by atoms with E-state index in [1.165, 1.54) is 18.3 Å². The number of benzene rings is 2. The first-order valence-corrected chi connectivity index (χ1v) is 8.61. The van der Waals surface area contributed by atoms with E-state index in [4.69, 9.17) is 11.6 Å². The third-order valence-electron chi connectivity index (χ3n) is 4.26. The van der Waals surface area contributed by atoms with Crippen LogP contribution >= 0.6 is 11.6 Å². The number of phenols is 1. The Morgan fingerprint density at radius 1 is 1.15 bits per heavy atom. The van der Waals surface area contributed by atoms with Crippen LogP contribution in [0.3, 0.4) is 0 Å². The van der Waals surface area contributed by atoms with Crippen molar-refractivity contribution in [1.82, 2.24) is 14.8 Å². The number of anilines is 1. The molecule has 0 aliphatic rings. The quantitative estimate of drug-likeness (QED) is 0.520. The van der Waals surface area contributed by atoms with Gasteiger partial charge in [0.2, 0.25) is 0 Å². The Morgan fingerprint density at radius 3 is 2.81 bits per heavy atom. The van der Waals surface area contributed by atoms with Crippen LogP contribution in [0.4, 0.5) is 5.69 Å². The molecule has 0 fully saturated rings. The summed E-state index contributed by atoms with van der Waals surface area (Å²) in [6.07, 6.45) is 1.48. The Balaban J connectivity index is 1.66. The number of hydrogen-bond acceptors (Lipinski definition) is 4. The minimum absolute atomic E-state index is 0.0611. The number of aromatic hydroxyl groups is 1. The van der Waals surface area contributed by atoms with E-state index < -0.39 is 5.91 Å². The van der Waals surface area contributed by atoms with Crippen molar-refractivity contribution in [1.29, 1.82) is 0 Å². The van der Waals surface area contributed by atoms with Gasteiger partial charge < -0.3 is 10.4 Å². The topological polar surface area (TPSA) is 80.0 Å². The molecular formula is C20H15ClN4O2. The van der Waals surface area contributed by atoms with E-state index in [-0.39, 0.29) is 11.4 Å². The van der Waals surface area contributed by atoms with Crippen LogP contribution in [0.15, 0.2) is 60.8 Å². The van der Waals surface area contributed by atoms with Gasteiger partial charge in [0, 0.05) is 10.4 Å². The molecule has 0 saturated heterocycles. The number of rotatable bonds is 3. The van der Waals surface area contributed by atoms with E-state index in [1.807, 2.05) is 36.4 Å². The van der Waals surface area contributed by atoms with Crippen molar-refractivity contribution in [2.75, 3.05) is 5.32 Å². The first-order valence-electron chi connectivity index (χ1n) is 8.23. The van der Waals surface area contributed by atoms with Gasteiger partial charge in [0.15, 0.2) is 5.82 Å². The molecule has 4 aromatic rings. The lowest BCUT2D eigenvalue weighted by Crippen LogP contribution is -2.13. The first-order chi connectivity index (χ1) is 13.0. The van der Waals surface area contributed by atoms with Gasteiger partial charge in [-0.1, -0.05) is 29.8 Å². The molecule has 4 rings (SSSR count). The fraction of sp³-hybridized carbons (Fsp3) is 0.0500. The number of carbonyl (C=O) groups excluding carboxylic acids is 1. The van der Waals surface area contributed by atoms with E-state index in [9.17, 15) is 9.90 Å². The Hall–Kier alpha value is -3.38. The van der Waals surface area contributed by atoms with E-state index in [0.29, 0.717) is 22.1 Å². The van der Waals surface area contributed by atoms with Crippen LogP contribution in [0.25, 0.3) is 16.7 Å². The van der Waals surface area contributed by atoms with Crippen LogP contribution in [-0.2, 0) is 0 Å². The highest BCUT2D eigenvalue weighted by Gasteiger charge is 2.17. The average Bonchev–Trinajstić information content (AvgIpc) is 3.06. The Bertz CT molecular complexity index is 1170. The zero-order valence-corrected chi connectivity index (χ0v) is 15.1. The van der Waals surface area contributed by atoms with Crippen LogP contribution < -0.4 is 5.32 Å². The summed E-state index contributed by atoms with van der Waals surface area (Å²) in [5, 5.41) is 18.3. The van der Waals surface area contributed by atoms with Crippen LogP contribution in [0.2, 0.25) is 5.02 Å². The highest BCUT2D eigenvalue weighted by molar-refractivity contribution is 6.31. The largest absolute Gasteiger partial charge is 0.506 e. The average molecular weight is 379 g/mol. The summed E-state index contributed by atoms with van der Waals surface area (Å²) in [5.41, 5.74) is 2.10. The van der Waals surface area contributed by atoms with Gasteiger partial charge in [-0.3, -0.25) is 4.79 Å². The summed E-state index contributed by atoms with van der Waals surface area (Å²) in [5.74, 6) is 0.168. The lowest BCUT2D eigenvalue weighted by Gasteiger charge is -2.08. The molecular weight excluding hydrogens is 364 g/mol. The van der Waals surface area contributed by atoms with Crippen LogP contribution in [0.5, 0.6) is 5.75 Å². The van der Waals surface area contributed by atoms with E-state index in [2.05, 4.69) is 15.4 Å². The molecule has 0 saturated carbocycles. The molecule has 2 aromatic carbocycles. The molecule has 0 aliphatic carbocycles. The van der Waals surface area contributed by atoms with Gasteiger partial charge in [-0.25, -0.2) is 9.67 Å². The zero-order valence-electron chi connectivity index (χ0n) is 14.3. The number of hydrogen-bond donors (Lipinski definition) is 2. The number of nitrogens with zero attached hydrogens (tertiary/aromatic N) is 3. The highest BCUT2D eigenvalue weighted by Crippen LogP contribution is 2.27. The molecule has 0 aliphatic heterocycles. The van der Waals surface area contributed by atoms with Gasteiger partial charge in [-0.15, -0.1) is 0 Å². The van der Waals surface area contributed by atoms with Crippen molar-refractivity contribution in [2.24, 2.45) is 0 Å². The van der Waals surface area contributed by atoms with Crippen molar-refractivity contribution < 1.29 is 9.90 Å². The van der Waals surface area contributed by atoms with Crippen molar-refractivity contribution in [3.63, 3.8) is 0 Å². The number of carbonyl (C=O) groups is 1. The maximum absolute atomic E-state index is 12.6. The second-order valence-corrected chi connectivity index (χ2v) is 6.47. The number of amides is 1. The Morgan fingerprint density at radius 2 is 1.96 bits per heavy atom. The van der Waals surface area contributed by atoms with E-state index >= 15 is 0 Å². The molecule has 0 bridgehead atoms. The predicted molar refractivity (Wildman–Crippen MR) is 105 cm³/mol. The van der Waals surface area contributed by atoms with Gasteiger partial charge in [-0.05, 0) is 43.3 Å². The molecule has 6 nitrogen and oxygen atoms in total. The van der Waals surface area contributed by atoms with Gasteiger partial charge in [0.25, 0.3) is 5.91 Å². The summed E-state index contributed by atoms with van der Waals surface area (Å²) in [6.45, 7) is 1.79. The third-order valence-corrected chi connectivity index (χ3v) is 4.50. The second-order valence-electron chi connectivity index (χ2n) is 6.03. The third kappa shape index (κ3) is 3.22. The van der Waals surface area contributed by atoms with E-state index in [1.54, 1.807) is 17.7 Å². The molecule has 0 unspecified atom stereocenters. The molecule has 1 amide bonds. The minimum atomic E-state index is -0.392. The van der Waals surface area contributed by atoms with Crippen molar-refractivity contribution in [3.05, 3.63) is 77.1 Å². The van der Waals surface area contributed by atoms with Gasteiger partial charge in [0.05, 0.1) is 28.7 Å². The maximum atomic E-state index is 12.6. The Labute approximate surface area is 160 Å². The summed E-state index contributed by atoms with van der Waals surface area (Å²) >= 11 is 5.92. The predicted octanol–water partition coefficient (Wildman–Crippen LogP) is 4.34. The summed E-state index contributed by atoms with van der Waals surface area (Å²) in [6, 6.07) is 16.1. The molecule has 2 N–H and O–H groups in total. The van der Waals surface area contributed by atoms with Crippen LogP contribution in [0, 0.1) is 6.92 Å². The van der Waals surface area contributed by atoms with Gasteiger partial charge >= 0.3 is 0 Å². The minimum Gasteiger partial charge on any atom is -0.506 e. The van der Waals surface area contributed by atoms with Crippen molar-refractivity contribution >= 4 is 34.1 Å². The number of pyridine rings is 1. The number of fused-ring (bicyclic) bond motifs is 1. The molecule has 134 valence electrons. The molecule has 2 aromatic heterocycles. The molecule has 7 heteroatoms. The SMILES string of the molecule is Cc1c(C(=O)Nc2cc(Cl)ccc2O)cnn1-c1ccc2ccccc2n1. The lowest BCUT2D eigenvalue weighted by atomic mass is 10.2. The monoisotopic (exact) mass is 378 g/mol. The summed E-state index contributed by atoms with van der Waals surface area (Å²) in [7, 11) is 0. The number of nitrogens with one attached hydrogen (secondary N) is 1. The van der Waals surface area contributed by atoms with Crippen molar-refractivity contribution in [3.8, 4) is 11.6 Å². The Kier molecular flexibility index (Phi) is 4.25. The summed E-state index contributed by atoms with van der Waals surface area (Å²) in [4.78, 5) is 17.2. The highest BCUT2D eigenvalue weighted by atomic mass is 35.5. The summed E-state index contributed by atoms with van der Waals surface area (Å²) < 4.78 is 1.61. The zero-order chi connectivity index (χ0) is 19.0. The van der Waals surface area contributed by atoms with Gasteiger partial charge in [-0.2, -0.15) is 5.10 Å². The number of para-hydroxylation sites is 1. The number of halogens is 1. The molecule has 27 heavy (non-hydrogen) atoms. The fourth-order valence-electron chi connectivity index (χ4n) is 2.83. The van der Waals surface area contributed by atoms with E-state index in [0.717, 1.165) is 10.9 Å². The number of aromatic nitrogens is 3. The van der Waals surface area contributed by atoms with Gasteiger partial charge in [0.1, 0.15) is 5.75 Å². The molecule has 0 spiro atoms. The molecule has 2 heterocycles. The fourth-order valence-corrected chi connectivity index (χ4v) is 3.01. The number of phenolic OH excluding ortho intramolecular Hbond substituents is 1. The van der Waals surface area contributed by atoms with Crippen LogP contribution in [-0.4, -0.2) is 25.8 Å². The standard InChI is InChI=1S/C20H15ClN4O2/c1-12-15(20(27)24-17-10-14(21)7-8-18(17)26)11-22-25(12)19-9-6-13-4-2-3-5-16(13)23-19/h2-11,26H,1H3,(H,24,27). The van der Waals surface area contributed by atoms with Crippen molar-refractivity contribution in [2.45, 2.75) is 6.92 Å². The van der Waals surface area contributed by atoms with Crippen LogP contribution in [0.1, 0.15) is 16.1 Å². The lowest BCUT2D eigenvalue weighted by molar-refractivity contribution is 0.102. The molecule has 0 radical (unpaired) electrons. The second kappa shape index (κ2) is 6.74. The first kappa shape index (κ1) is 17.1.